The number of amides is 3. The van der Waals surface area contributed by atoms with Crippen molar-refractivity contribution in [3.8, 4) is 0 Å². The highest BCUT2D eigenvalue weighted by molar-refractivity contribution is 5.94. The summed E-state index contributed by atoms with van der Waals surface area (Å²) in [7, 11) is 0. The summed E-state index contributed by atoms with van der Waals surface area (Å²) < 4.78 is 0. The maximum Gasteiger partial charge on any atom is 0.326 e. The van der Waals surface area contributed by atoms with E-state index in [1.165, 1.54) is 4.90 Å². The van der Waals surface area contributed by atoms with E-state index in [1.54, 1.807) is 0 Å². The zero-order chi connectivity index (χ0) is 30.1. The molecule has 224 valence electrons. The number of aromatic amines is 1. The summed E-state index contributed by atoms with van der Waals surface area (Å²) in [6.45, 7) is 4.35. The first-order chi connectivity index (χ1) is 19.5. The quantitative estimate of drug-likeness (QED) is 0.0940. The van der Waals surface area contributed by atoms with Gasteiger partial charge < -0.3 is 42.8 Å². The topological polar surface area (TPSA) is 222 Å². The minimum absolute atomic E-state index is 0.0434. The van der Waals surface area contributed by atoms with E-state index >= 15 is 0 Å². The molecular formula is C28H42N8O5. The fourth-order valence-electron chi connectivity index (χ4n) is 5.13. The van der Waals surface area contributed by atoms with Gasteiger partial charge >= 0.3 is 5.97 Å². The van der Waals surface area contributed by atoms with Gasteiger partial charge in [-0.05, 0) is 56.1 Å². The summed E-state index contributed by atoms with van der Waals surface area (Å²) in [5.41, 5.74) is 18.9. The van der Waals surface area contributed by atoms with Gasteiger partial charge in [0.1, 0.15) is 18.1 Å². The second kappa shape index (κ2) is 14.5. The molecule has 1 saturated heterocycles. The van der Waals surface area contributed by atoms with E-state index in [-0.39, 0.29) is 37.8 Å². The van der Waals surface area contributed by atoms with Crippen molar-refractivity contribution in [2.45, 2.75) is 76.5 Å². The molecule has 1 aromatic carbocycles. The molecule has 3 rings (SSSR count). The molecule has 4 atom stereocenters. The summed E-state index contributed by atoms with van der Waals surface area (Å²) in [5.74, 6) is -2.66. The van der Waals surface area contributed by atoms with Crippen LogP contribution < -0.4 is 27.8 Å². The highest BCUT2D eigenvalue weighted by Gasteiger charge is 2.38. The van der Waals surface area contributed by atoms with Crippen molar-refractivity contribution in [3.05, 3.63) is 36.0 Å². The van der Waals surface area contributed by atoms with Crippen molar-refractivity contribution in [2.75, 3.05) is 13.1 Å². The molecule has 41 heavy (non-hydrogen) atoms. The Morgan fingerprint density at radius 2 is 1.83 bits per heavy atom. The molecule has 0 saturated carbocycles. The zero-order valence-electron chi connectivity index (χ0n) is 23.6. The molecule has 13 heteroatoms. The van der Waals surface area contributed by atoms with Gasteiger partial charge in [0.25, 0.3) is 0 Å². The molecule has 13 nitrogen and oxygen atoms in total. The van der Waals surface area contributed by atoms with Crippen molar-refractivity contribution in [2.24, 2.45) is 28.1 Å². The number of H-pyrrole nitrogens is 1. The molecule has 2 aromatic rings. The number of aliphatic carboxylic acids is 1. The standard InChI is InChI=1S/C28H42N8O5/c1-16(2)13-22(35-24(37)19(29)14-17-15-33-20-8-4-3-7-18(17)20)25(38)34-21(9-5-11-32-28(30)31)26(39)36-12-6-10-23(36)27(40)41/h3-4,7-8,15-16,19,21-23,33H,5-6,9-14,29H2,1-2H3,(H,34,38)(H,35,37)(H,40,41)(H4,30,31,32). The number of nitrogens with one attached hydrogen (secondary N) is 3. The number of rotatable bonds is 14. The van der Waals surface area contributed by atoms with Crippen LogP contribution in [0.15, 0.2) is 35.5 Å². The maximum absolute atomic E-state index is 13.5. The van der Waals surface area contributed by atoms with Gasteiger partial charge in [-0.3, -0.25) is 19.4 Å². The van der Waals surface area contributed by atoms with Gasteiger partial charge in [0.15, 0.2) is 5.96 Å². The Balaban J connectivity index is 1.72. The van der Waals surface area contributed by atoms with Crippen LogP contribution in [0.3, 0.4) is 0 Å². The van der Waals surface area contributed by atoms with E-state index in [4.69, 9.17) is 17.2 Å². The minimum atomic E-state index is -1.09. The number of hydrogen-bond donors (Lipinski definition) is 7. The number of aliphatic imine (C=N–C) groups is 1. The van der Waals surface area contributed by atoms with Crippen molar-refractivity contribution in [1.82, 2.24) is 20.5 Å². The van der Waals surface area contributed by atoms with Gasteiger partial charge in [0, 0.05) is 30.2 Å². The van der Waals surface area contributed by atoms with Crippen LogP contribution in [-0.2, 0) is 25.6 Å². The number of carbonyl (C=O) groups excluding carboxylic acids is 3. The van der Waals surface area contributed by atoms with Crippen LogP contribution in [0.5, 0.6) is 0 Å². The van der Waals surface area contributed by atoms with Crippen molar-refractivity contribution < 1.29 is 24.3 Å². The maximum atomic E-state index is 13.5. The fourth-order valence-corrected chi connectivity index (χ4v) is 5.13. The molecule has 10 N–H and O–H groups in total. The molecule has 1 fully saturated rings. The van der Waals surface area contributed by atoms with Gasteiger partial charge in [-0.2, -0.15) is 0 Å². The number of hydrogen-bond acceptors (Lipinski definition) is 6. The molecule has 0 radical (unpaired) electrons. The number of likely N-dealkylation sites (tertiary alicyclic amines) is 1. The lowest BCUT2D eigenvalue weighted by atomic mass is 10.0. The molecule has 1 aromatic heterocycles. The Morgan fingerprint density at radius 1 is 1.12 bits per heavy atom. The molecule has 2 heterocycles. The first-order valence-electron chi connectivity index (χ1n) is 14.0. The number of guanidine groups is 1. The lowest BCUT2D eigenvalue weighted by Gasteiger charge is -2.29. The molecule has 4 unspecified atom stereocenters. The SMILES string of the molecule is CC(C)CC(NC(=O)C(N)Cc1c[nH]c2ccccc12)C(=O)NC(CCCN=C(N)N)C(=O)N1CCCC1C(=O)O. The highest BCUT2D eigenvalue weighted by Crippen LogP contribution is 2.21. The third-order valence-electron chi connectivity index (χ3n) is 7.17. The number of fused-ring (bicyclic) bond motifs is 1. The second-order valence-corrected chi connectivity index (χ2v) is 10.9. The number of nitrogens with two attached hydrogens (primary N) is 3. The average Bonchev–Trinajstić information content (AvgIpc) is 3.57. The predicted octanol–water partition coefficient (Wildman–Crippen LogP) is 0.183. The first kappa shape index (κ1) is 31.4. The normalized spacial score (nSPS) is 17.2. The summed E-state index contributed by atoms with van der Waals surface area (Å²) in [6, 6.07) is 3.88. The fraction of sp³-hybridized carbons (Fsp3) is 0.536. The third kappa shape index (κ3) is 8.68. The predicted molar refractivity (Wildman–Crippen MR) is 156 cm³/mol. The van der Waals surface area contributed by atoms with Crippen LogP contribution >= 0.6 is 0 Å². The van der Waals surface area contributed by atoms with E-state index < -0.39 is 47.9 Å². The number of carboxylic acid groups (broad SMARTS) is 1. The number of aromatic nitrogens is 1. The molecular weight excluding hydrogens is 528 g/mol. The zero-order valence-corrected chi connectivity index (χ0v) is 23.6. The monoisotopic (exact) mass is 570 g/mol. The van der Waals surface area contributed by atoms with Gasteiger partial charge in [-0.25, -0.2) is 4.79 Å². The van der Waals surface area contributed by atoms with Crippen molar-refractivity contribution in [1.29, 1.82) is 0 Å². The molecule has 0 bridgehead atoms. The summed E-state index contributed by atoms with van der Waals surface area (Å²) in [6.07, 6.45) is 3.85. The van der Waals surface area contributed by atoms with E-state index in [2.05, 4.69) is 20.6 Å². The number of para-hydroxylation sites is 1. The van der Waals surface area contributed by atoms with Crippen LogP contribution in [0, 0.1) is 5.92 Å². The van der Waals surface area contributed by atoms with Gasteiger partial charge in [-0.1, -0.05) is 32.0 Å². The van der Waals surface area contributed by atoms with Gasteiger partial charge in [0.2, 0.25) is 17.7 Å². The number of nitrogens with zero attached hydrogens (tertiary/aromatic N) is 2. The molecule has 1 aliphatic heterocycles. The number of carbonyl (C=O) groups is 4. The van der Waals surface area contributed by atoms with Gasteiger partial charge in [-0.15, -0.1) is 0 Å². The van der Waals surface area contributed by atoms with Crippen molar-refractivity contribution >= 4 is 40.6 Å². The summed E-state index contributed by atoms with van der Waals surface area (Å²) in [5, 5.41) is 16.1. The highest BCUT2D eigenvalue weighted by atomic mass is 16.4. The van der Waals surface area contributed by atoms with E-state index in [9.17, 15) is 24.3 Å². The van der Waals surface area contributed by atoms with Crippen LogP contribution in [0.2, 0.25) is 0 Å². The Kier molecular flexibility index (Phi) is 11.1. The van der Waals surface area contributed by atoms with E-state index in [0.717, 1.165) is 16.5 Å². The lowest BCUT2D eigenvalue weighted by Crippen LogP contribution is -2.57. The van der Waals surface area contributed by atoms with Crippen LogP contribution in [0.4, 0.5) is 0 Å². The third-order valence-corrected chi connectivity index (χ3v) is 7.17. The van der Waals surface area contributed by atoms with E-state index in [1.807, 2.05) is 44.3 Å². The molecule has 3 amide bonds. The molecule has 0 spiro atoms. The van der Waals surface area contributed by atoms with E-state index in [0.29, 0.717) is 25.7 Å². The van der Waals surface area contributed by atoms with Crippen LogP contribution in [0.25, 0.3) is 10.9 Å². The Bertz CT molecular complexity index is 1260. The van der Waals surface area contributed by atoms with Gasteiger partial charge in [0.05, 0.1) is 6.04 Å². The number of benzene rings is 1. The Labute approximate surface area is 239 Å². The average molecular weight is 571 g/mol. The summed E-state index contributed by atoms with van der Waals surface area (Å²) >= 11 is 0. The number of carboxylic acids is 1. The Hall–Kier alpha value is -4.13. The van der Waals surface area contributed by atoms with Crippen LogP contribution in [0.1, 0.15) is 51.5 Å². The summed E-state index contributed by atoms with van der Waals surface area (Å²) in [4.78, 5) is 60.1. The minimum Gasteiger partial charge on any atom is -0.480 e. The second-order valence-electron chi connectivity index (χ2n) is 10.9. The Morgan fingerprint density at radius 3 is 2.51 bits per heavy atom. The molecule has 0 aliphatic carbocycles. The smallest absolute Gasteiger partial charge is 0.326 e. The van der Waals surface area contributed by atoms with Crippen LogP contribution in [-0.4, -0.2) is 81.9 Å². The first-order valence-corrected chi connectivity index (χ1v) is 14.0. The lowest BCUT2D eigenvalue weighted by molar-refractivity contribution is -0.149. The molecule has 1 aliphatic rings. The van der Waals surface area contributed by atoms with Crippen molar-refractivity contribution in [3.63, 3.8) is 0 Å². The largest absolute Gasteiger partial charge is 0.480 e.